The molecule has 0 spiro atoms. The van der Waals surface area contributed by atoms with E-state index in [1.165, 1.54) is 0 Å². The Labute approximate surface area is 141 Å². The first kappa shape index (κ1) is 17.7. The summed E-state index contributed by atoms with van der Waals surface area (Å²) < 4.78 is 1.84. The summed E-state index contributed by atoms with van der Waals surface area (Å²) in [6.07, 6.45) is 1.10. The Hall–Kier alpha value is -2.63. The van der Waals surface area contributed by atoms with Crippen LogP contribution < -0.4 is 0 Å². The Bertz CT molecular complexity index is 748. The van der Waals surface area contributed by atoms with E-state index in [-0.39, 0.29) is 11.5 Å². The topological polar surface area (TPSA) is 75.4 Å². The highest BCUT2D eigenvalue weighted by molar-refractivity contribution is 5.87. The van der Waals surface area contributed by atoms with Crippen molar-refractivity contribution >= 4 is 11.9 Å². The van der Waals surface area contributed by atoms with Crippen LogP contribution in [0.4, 0.5) is 0 Å². The van der Waals surface area contributed by atoms with Gasteiger partial charge in [0, 0.05) is 32.8 Å². The Morgan fingerprint density at radius 2 is 1.83 bits per heavy atom. The van der Waals surface area contributed by atoms with Gasteiger partial charge in [0.15, 0.2) is 0 Å². The number of nitrogens with zero attached hydrogens (tertiary/aromatic N) is 3. The molecule has 0 unspecified atom stereocenters. The molecule has 0 saturated heterocycles. The lowest BCUT2D eigenvalue weighted by molar-refractivity contribution is -0.130. The number of aromatic carboxylic acids is 1. The lowest BCUT2D eigenvalue weighted by Crippen LogP contribution is -2.26. The molecule has 1 amide bonds. The maximum Gasteiger partial charge on any atom is 0.335 e. The number of carboxylic acid groups (broad SMARTS) is 1. The van der Waals surface area contributed by atoms with Crippen molar-refractivity contribution in [2.45, 2.75) is 33.2 Å². The fourth-order valence-electron chi connectivity index (χ4n) is 2.72. The molecule has 0 fully saturated rings. The van der Waals surface area contributed by atoms with E-state index in [1.807, 2.05) is 25.6 Å². The zero-order chi connectivity index (χ0) is 17.9. The molecule has 128 valence electrons. The van der Waals surface area contributed by atoms with Crippen LogP contribution in [0.2, 0.25) is 0 Å². The van der Waals surface area contributed by atoms with Gasteiger partial charge >= 0.3 is 5.97 Å². The molecule has 0 atom stereocenters. The van der Waals surface area contributed by atoms with Crippen LogP contribution in [0.3, 0.4) is 0 Å². The summed E-state index contributed by atoms with van der Waals surface area (Å²) in [5.74, 6) is -0.895. The zero-order valence-corrected chi connectivity index (χ0v) is 14.5. The normalized spacial score (nSPS) is 10.7. The number of aryl methyl sites for hydroxylation is 2. The first-order valence-electron chi connectivity index (χ1n) is 7.85. The monoisotopic (exact) mass is 329 g/mol. The Morgan fingerprint density at radius 1 is 1.21 bits per heavy atom. The molecular formula is C18H23N3O3. The molecule has 1 heterocycles. The van der Waals surface area contributed by atoms with Crippen LogP contribution in [0, 0.1) is 13.8 Å². The summed E-state index contributed by atoms with van der Waals surface area (Å²) in [6, 6.07) is 6.59. The minimum atomic E-state index is -0.951. The van der Waals surface area contributed by atoms with Crippen LogP contribution >= 0.6 is 0 Å². The molecule has 0 saturated carbocycles. The van der Waals surface area contributed by atoms with Crippen molar-refractivity contribution in [2.24, 2.45) is 7.05 Å². The van der Waals surface area contributed by atoms with Crippen molar-refractivity contribution in [3.05, 3.63) is 52.3 Å². The van der Waals surface area contributed by atoms with E-state index in [0.717, 1.165) is 22.5 Å². The number of amides is 1. The molecule has 0 aliphatic rings. The molecule has 0 aliphatic carbocycles. The van der Waals surface area contributed by atoms with Crippen LogP contribution in [0.5, 0.6) is 0 Å². The first-order valence-corrected chi connectivity index (χ1v) is 7.85. The number of hydrogen-bond acceptors (Lipinski definition) is 3. The van der Waals surface area contributed by atoms with Gasteiger partial charge in [-0.25, -0.2) is 4.79 Å². The zero-order valence-electron chi connectivity index (χ0n) is 14.5. The van der Waals surface area contributed by atoms with Gasteiger partial charge in [0.2, 0.25) is 5.91 Å². The van der Waals surface area contributed by atoms with E-state index in [9.17, 15) is 9.59 Å². The maximum atomic E-state index is 12.3. The highest BCUT2D eigenvalue weighted by Crippen LogP contribution is 2.15. The molecule has 0 aliphatic heterocycles. The Balaban J connectivity index is 1.93. The second kappa shape index (κ2) is 7.29. The fourth-order valence-corrected chi connectivity index (χ4v) is 2.72. The van der Waals surface area contributed by atoms with Gasteiger partial charge in [0.1, 0.15) is 0 Å². The number of carbonyl (C=O) groups excluding carboxylic acids is 1. The molecule has 1 N–H and O–H groups in total. The predicted octanol–water partition coefficient (Wildman–Crippen LogP) is 2.33. The van der Waals surface area contributed by atoms with Gasteiger partial charge in [-0.3, -0.25) is 9.48 Å². The standard InChI is InChI=1S/C18H23N3O3/c1-12-16(13(2)21(4)19-12)9-10-17(22)20(3)11-14-5-7-15(8-6-14)18(23)24/h5-8H,9-11H2,1-4H3,(H,23,24). The number of carbonyl (C=O) groups is 2. The maximum absolute atomic E-state index is 12.3. The van der Waals surface area contributed by atoms with Crippen LogP contribution in [0.25, 0.3) is 0 Å². The minimum absolute atomic E-state index is 0.0555. The number of hydrogen-bond donors (Lipinski definition) is 1. The molecule has 24 heavy (non-hydrogen) atoms. The van der Waals surface area contributed by atoms with Gasteiger partial charge in [-0.2, -0.15) is 5.10 Å². The van der Waals surface area contributed by atoms with Crippen LogP contribution in [0.1, 0.15) is 39.3 Å². The summed E-state index contributed by atoms with van der Waals surface area (Å²) in [5, 5.41) is 13.3. The lowest BCUT2D eigenvalue weighted by Gasteiger charge is -2.17. The summed E-state index contributed by atoms with van der Waals surface area (Å²) >= 11 is 0. The quantitative estimate of drug-likeness (QED) is 0.882. The summed E-state index contributed by atoms with van der Waals surface area (Å²) in [4.78, 5) is 24.8. The molecule has 2 aromatic rings. The molecular weight excluding hydrogens is 306 g/mol. The summed E-state index contributed by atoms with van der Waals surface area (Å²) in [7, 11) is 3.66. The fraction of sp³-hybridized carbons (Fsp3) is 0.389. The van der Waals surface area contributed by atoms with E-state index in [2.05, 4.69) is 5.10 Å². The van der Waals surface area contributed by atoms with E-state index in [0.29, 0.717) is 19.4 Å². The van der Waals surface area contributed by atoms with E-state index in [4.69, 9.17) is 5.11 Å². The second-order valence-corrected chi connectivity index (χ2v) is 6.02. The smallest absolute Gasteiger partial charge is 0.335 e. The average Bonchev–Trinajstić information content (AvgIpc) is 2.78. The summed E-state index contributed by atoms with van der Waals surface area (Å²) in [6.45, 7) is 4.43. The van der Waals surface area contributed by atoms with Crippen molar-refractivity contribution in [1.29, 1.82) is 0 Å². The molecule has 2 rings (SSSR count). The van der Waals surface area contributed by atoms with Crippen molar-refractivity contribution in [3.8, 4) is 0 Å². The van der Waals surface area contributed by atoms with Gasteiger partial charge in [-0.1, -0.05) is 12.1 Å². The Kier molecular flexibility index (Phi) is 5.39. The third-order valence-corrected chi connectivity index (χ3v) is 4.29. The average molecular weight is 329 g/mol. The van der Waals surface area contributed by atoms with Crippen molar-refractivity contribution in [1.82, 2.24) is 14.7 Å². The lowest BCUT2D eigenvalue weighted by atomic mass is 10.1. The predicted molar refractivity (Wildman–Crippen MR) is 90.9 cm³/mol. The number of rotatable bonds is 6. The third kappa shape index (κ3) is 4.01. The second-order valence-electron chi connectivity index (χ2n) is 6.02. The molecule has 6 heteroatoms. The minimum Gasteiger partial charge on any atom is -0.478 e. The van der Waals surface area contributed by atoms with Crippen molar-refractivity contribution in [2.75, 3.05) is 7.05 Å². The van der Waals surface area contributed by atoms with Gasteiger partial charge in [0.25, 0.3) is 0 Å². The largest absolute Gasteiger partial charge is 0.478 e. The molecule has 6 nitrogen and oxygen atoms in total. The first-order chi connectivity index (χ1) is 11.3. The van der Waals surface area contributed by atoms with E-state index in [1.54, 1.807) is 36.2 Å². The molecule has 0 radical (unpaired) electrons. The van der Waals surface area contributed by atoms with E-state index >= 15 is 0 Å². The highest BCUT2D eigenvalue weighted by atomic mass is 16.4. The van der Waals surface area contributed by atoms with Crippen molar-refractivity contribution in [3.63, 3.8) is 0 Å². The highest BCUT2D eigenvalue weighted by Gasteiger charge is 2.14. The van der Waals surface area contributed by atoms with E-state index < -0.39 is 5.97 Å². The van der Waals surface area contributed by atoms with Crippen LogP contribution in [-0.4, -0.2) is 38.7 Å². The van der Waals surface area contributed by atoms with Crippen LogP contribution in [0.15, 0.2) is 24.3 Å². The molecule has 1 aromatic heterocycles. The van der Waals surface area contributed by atoms with Crippen molar-refractivity contribution < 1.29 is 14.7 Å². The number of aromatic nitrogens is 2. The molecule has 0 bridgehead atoms. The van der Waals surface area contributed by atoms with Gasteiger partial charge in [-0.15, -0.1) is 0 Å². The SMILES string of the molecule is Cc1nn(C)c(C)c1CCC(=O)N(C)Cc1ccc(C(=O)O)cc1. The third-order valence-electron chi connectivity index (χ3n) is 4.29. The number of benzene rings is 1. The molecule has 1 aromatic carbocycles. The van der Waals surface area contributed by atoms with Gasteiger partial charge < -0.3 is 10.0 Å². The Morgan fingerprint density at radius 3 is 2.33 bits per heavy atom. The number of carboxylic acids is 1. The van der Waals surface area contributed by atoms with Crippen LogP contribution in [-0.2, 0) is 24.8 Å². The summed E-state index contributed by atoms with van der Waals surface area (Å²) in [5.41, 5.74) is 4.34. The van der Waals surface area contributed by atoms with Gasteiger partial charge in [0.05, 0.1) is 11.3 Å². The van der Waals surface area contributed by atoms with Gasteiger partial charge in [-0.05, 0) is 43.5 Å².